The summed E-state index contributed by atoms with van der Waals surface area (Å²) in [5.74, 6) is -0.0118. The van der Waals surface area contributed by atoms with E-state index in [0.29, 0.717) is 5.56 Å². The topological polar surface area (TPSA) is 41.1 Å². The number of carbonyl (C=O) groups excluding carboxylic acids is 1. The molecule has 1 rings (SSSR count). The van der Waals surface area contributed by atoms with Gasteiger partial charge in [0.1, 0.15) is 0 Å². The number of unbranched alkanes of at least 4 members (excludes halogenated alkanes) is 2. The SMILES string of the molecule is CCCCCNc1cccc(C(=O)NC(C)C)c1. The summed E-state index contributed by atoms with van der Waals surface area (Å²) in [6.07, 6.45) is 3.62. The summed E-state index contributed by atoms with van der Waals surface area (Å²) in [6, 6.07) is 7.83. The molecule has 0 spiro atoms. The van der Waals surface area contributed by atoms with Crippen LogP contribution in [0, 0.1) is 0 Å². The Labute approximate surface area is 110 Å². The third-order valence-electron chi connectivity index (χ3n) is 2.65. The van der Waals surface area contributed by atoms with Crippen LogP contribution in [0.15, 0.2) is 24.3 Å². The molecule has 0 aliphatic rings. The van der Waals surface area contributed by atoms with Crippen molar-refractivity contribution in [2.45, 2.75) is 46.1 Å². The molecule has 0 saturated carbocycles. The Balaban J connectivity index is 2.53. The lowest BCUT2D eigenvalue weighted by atomic mass is 10.1. The second kappa shape index (κ2) is 7.75. The predicted octanol–water partition coefficient (Wildman–Crippen LogP) is 3.43. The van der Waals surface area contributed by atoms with Crippen molar-refractivity contribution in [2.24, 2.45) is 0 Å². The third-order valence-corrected chi connectivity index (χ3v) is 2.65. The Morgan fingerprint density at radius 1 is 1.28 bits per heavy atom. The molecule has 2 N–H and O–H groups in total. The molecular weight excluding hydrogens is 224 g/mol. The van der Waals surface area contributed by atoms with Crippen LogP contribution in [0.2, 0.25) is 0 Å². The van der Waals surface area contributed by atoms with Gasteiger partial charge in [-0.05, 0) is 38.5 Å². The van der Waals surface area contributed by atoms with Crippen LogP contribution in [0.1, 0.15) is 50.4 Å². The zero-order chi connectivity index (χ0) is 13.4. The van der Waals surface area contributed by atoms with Crippen molar-refractivity contribution >= 4 is 11.6 Å². The fraction of sp³-hybridized carbons (Fsp3) is 0.533. The molecule has 0 unspecified atom stereocenters. The summed E-state index contributed by atoms with van der Waals surface area (Å²) in [5.41, 5.74) is 1.73. The predicted molar refractivity (Wildman–Crippen MR) is 77.1 cm³/mol. The summed E-state index contributed by atoms with van der Waals surface area (Å²) in [5, 5.41) is 6.24. The van der Waals surface area contributed by atoms with Gasteiger partial charge in [-0.2, -0.15) is 0 Å². The summed E-state index contributed by atoms with van der Waals surface area (Å²) in [7, 11) is 0. The number of hydrogen-bond acceptors (Lipinski definition) is 2. The molecule has 18 heavy (non-hydrogen) atoms. The van der Waals surface area contributed by atoms with Gasteiger partial charge in [0.2, 0.25) is 0 Å². The van der Waals surface area contributed by atoms with Gasteiger partial charge in [-0.1, -0.05) is 25.8 Å². The van der Waals surface area contributed by atoms with Crippen LogP contribution in [0.5, 0.6) is 0 Å². The number of amides is 1. The molecule has 0 fully saturated rings. The van der Waals surface area contributed by atoms with Crippen molar-refractivity contribution in [2.75, 3.05) is 11.9 Å². The minimum atomic E-state index is -0.0118. The minimum absolute atomic E-state index is 0.0118. The van der Waals surface area contributed by atoms with E-state index in [4.69, 9.17) is 0 Å². The quantitative estimate of drug-likeness (QED) is 0.726. The van der Waals surface area contributed by atoms with Gasteiger partial charge in [0.05, 0.1) is 0 Å². The van der Waals surface area contributed by atoms with E-state index in [1.165, 1.54) is 19.3 Å². The van der Waals surface area contributed by atoms with Crippen LogP contribution in [-0.2, 0) is 0 Å². The second-order valence-electron chi connectivity index (χ2n) is 4.84. The third kappa shape index (κ3) is 5.21. The Morgan fingerprint density at radius 3 is 2.72 bits per heavy atom. The van der Waals surface area contributed by atoms with Gasteiger partial charge < -0.3 is 10.6 Å². The van der Waals surface area contributed by atoms with Crippen LogP contribution >= 0.6 is 0 Å². The number of carbonyl (C=O) groups is 1. The molecule has 1 aromatic rings. The maximum Gasteiger partial charge on any atom is 0.251 e. The average molecular weight is 248 g/mol. The van der Waals surface area contributed by atoms with E-state index in [1.807, 2.05) is 38.1 Å². The molecular formula is C15H24N2O. The monoisotopic (exact) mass is 248 g/mol. The van der Waals surface area contributed by atoms with Crippen LogP contribution in [0.4, 0.5) is 5.69 Å². The summed E-state index contributed by atoms with van der Waals surface area (Å²) < 4.78 is 0. The maximum atomic E-state index is 11.8. The van der Waals surface area contributed by atoms with E-state index in [1.54, 1.807) is 0 Å². The number of nitrogens with one attached hydrogen (secondary N) is 2. The highest BCUT2D eigenvalue weighted by Crippen LogP contribution is 2.11. The molecule has 1 amide bonds. The molecule has 3 nitrogen and oxygen atoms in total. The minimum Gasteiger partial charge on any atom is -0.385 e. The first-order chi connectivity index (χ1) is 8.63. The van der Waals surface area contributed by atoms with E-state index in [2.05, 4.69) is 17.6 Å². The number of rotatable bonds is 7. The molecule has 0 atom stereocenters. The zero-order valence-electron chi connectivity index (χ0n) is 11.6. The van der Waals surface area contributed by atoms with Crippen LogP contribution in [0.25, 0.3) is 0 Å². The second-order valence-corrected chi connectivity index (χ2v) is 4.84. The molecule has 0 saturated heterocycles. The van der Waals surface area contributed by atoms with Crippen molar-refractivity contribution in [3.05, 3.63) is 29.8 Å². The lowest BCUT2D eigenvalue weighted by Crippen LogP contribution is -2.30. The van der Waals surface area contributed by atoms with E-state index in [0.717, 1.165) is 12.2 Å². The summed E-state index contributed by atoms with van der Waals surface area (Å²) in [6.45, 7) is 7.08. The first kappa shape index (κ1) is 14.6. The van der Waals surface area contributed by atoms with E-state index in [9.17, 15) is 4.79 Å². The van der Waals surface area contributed by atoms with E-state index < -0.39 is 0 Å². The fourth-order valence-electron chi connectivity index (χ4n) is 1.72. The highest BCUT2D eigenvalue weighted by atomic mass is 16.1. The zero-order valence-corrected chi connectivity index (χ0v) is 11.6. The Kier molecular flexibility index (Phi) is 6.26. The highest BCUT2D eigenvalue weighted by Gasteiger charge is 2.06. The lowest BCUT2D eigenvalue weighted by molar-refractivity contribution is 0.0943. The smallest absolute Gasteiger partial charge is 0.251 e. The van der Waals surface area contributed by atoms with Gasteiger partial charge in [0.25, 0.3) is 5.91 Å². The van der Waals surface area contributed by atoms with Crippen molar-refractivity contribution in [3.63, 3.8) is 0 Å². The Hall–Kier alpha value is -1.51. The van der Waals surface area contributed by atoms with Crippen molar-refractivity contribution in [1.29, 1.82) is 0 Å². The van der Waals surface area contributed by atoms with Gasteiger partial charge in [-0.15, -0.1) is 0 Å². The molecule has 0 aliphatic heterocycles. The first-order valence-electron chi connectivity index (χ1n) is 6.78. The first-order valence-corrected chi connectivity index (χ1v) is 6.78. The van der Waals surface area contributed by atoms with Gasteiger partial charge in [-0.25, -0.2) is 0 Å². The van der Waals surface area contributed by atoms with E-state index >= 15 is 0 Å². The van der Waals surface area contributed by atoms with Gasteiger partial charge >= 0.3 is 0 Å². The number of benzene rings is 1. The maximum absolute atomic E-state index is 11.8. The average Bonchev–Trinajstić information content (AvgIpc) is 2.34. The normalized spacial score (nSPS) is 10.4. The van der Waals surface area contributed by atoms with Crippen molar-refractivity contribution < 1.29 is 4.79 Å². The van der Waals surface area contributed by atoms with Gasteiger partial charge in [0, 0.05) is 23.8 Å². The molecule has 0 heterocycles. The molecule has 3 heteroatoms. The number of anilines is 1. The standard InChI is InChI=1S/C15H24N2O/c1-4-5-6-10-16-14-9-7-8-13(11-14)15(18)17-12(2)3/h7-9,11-12,16H,4-6,10H2,1-3H3,(H,17,18). The molecule has 0 aromatic heterocycles. The van der Waals surface area contributed by atoms with Gasteiger partial charge in [-0.3, -0.25) is 4.79 Å². The summed E-state index contributed by atoms with van der Waals surface area (Å²) in [4.78, 5) is 11.8. The largest absolute Gasteiger partial charge is 0.385 e. The van der Waals surface area contributed by atoms with Crippen LogP contribution in [0.3, 0.4) is 0 Å². The van der Waals surface area contributed by atoms with Crippen LogP contribution in [-0.4, -0.2) is 18.5 Å². The molecule has 0 aliphatic carbocycles. The van der Waals surface area contributed by atoms with Crippen LogP contribution < -0.4 is 10.6 Å². The Morgan fingerprint density at radius 2 is 2.06 bits per heavy atom. The molecule has 0 radical (unpaired) electrons. The Bertz CT molecular complexity index is 375. The fourth-order valence-corrected chi connectivity index (χ4v) is 1.72. The van der Waals surface area contributed by atoms with Crippen molar-refractivity contribution in [1.82, 2.24) is 5.32 Å². The van der Waals surface area contributed by atoms with Crippen molar-refractivity contribution in [3.8, 4) is 0 Å². The molecule has 1 aromatic carbocycles. The lowest BCUT2D eigenvalue weighted by Gasteiger charge is -2.10. The molecule has 0 bridgehead atoms. The molecule has 100 valence electrons. The van der Waals surface area contributed by atoms with Gasteiger partial charge in [0.15, 0.2) is 0 Å². The summed E-state index contributed by atoms with van der Waals surface area (Å²) >= 11 is 0. The van der Waals surface area contributed by atoms with E-state index in [-0.39, 0.29) is 11.9 Å². The number of hydrogen-bond donors (Lipinski definition) is 2. The highest BCUT2D eigenvalue weighted by molar-refractivity contribution is 5.95.